The average molecular weight is 373 g/mol. The van der Waals surface area contributed by atoms with Gasteiger partial charge in [0.2, 0.25) is 5.95 Å². The molecule has 28 heavy (non-hydrogen) atoms. The Labute approximate surface area is 159 Å². The predicted molar refractivity (Wildman–Crippen MR) is 102 cm³/mol. The van der Waals surface area contributed by atoms with Crippen molar-refractivity contribution in [1.82, 2.24) is 14.5 Å². The van der Waals surface area contributed by atoms with Gasteiger partial charge in [0.05, 0.1) is 11.0 Å². The maximum absolute atomic E-state index is 12.9. The Morgan fingerprint density at radius 1 is 0.964 bits per heavy atom. The molecule has 0 saturated carbocycles. The number of nitrogens with one attached hydrogen (secondary N) is 1. The number of rotatable bonds is 3. The first kappa shape index (κ1) is 16.2. The van der Waals surface area contributed by atoms with Crippen molar-refractivity contribution in [3.63, 3.8) is 0 Å². The van der Waals surface area contributed by atoms with Crippen molar-refractivity contribution in [3.05, 3.63) is 72.1 Å². The second kappa shape index (κ2) is 6.34. The zero-order valence-corrected chi connectivity index (χ0v) is 14.7. The number of fused-ring (bicyclic) bond motifs is 3. The SMILES string of the molecule is O=C(Nc1nc(C(=O)N2CCn3c2nc2ccccc23)co1)c1ccccc1. The molecule has 2 amide bonds. The summed E-state index contributed by atoms with van der Waals surface area (Å²) in [5.41, 5.74) is 2.42. The molecule has 0 radical (unpaired) electrons. The number of aromatic nitrogens is 3. The first-order valence-corrected chi connectivity index (χ1v) is 8.80. The zero-order chi connectivity index (χ0) is 19.1. The number of anilines is 2. The lowest BCUT2D eigenvalue weighted by Crippen LogP contribution is -2.29. The first-order chi connectivity index (χ1) is 13.7. The van der Waals surface area contributed by atoms with Crippen molar-refractivity contribution in [1.29, 1.82) is 0 Å². The molecule has 5 rings (SSSR count). The van der Waals surface area contributed by atoms with E-state index in [1.54, 1.807) is 29.2 Å². The Hall–Kier alpha value is -3.94. The molecule has 4 aromatic rings. The lowest BCUT2D eigenvalue weighted by Gasteiger charge is -2.11. The summed E-state index contributed by atoms with van der Waals surface area (Å²) in [6.45, 7) is 1.17. The number of oxazole rings is 1. The molecule has 2 aromatic heterocycles. The van der Waals surface area contributed by atoms with Crippen LogP contribution in [-0.2, 0) is 6.54 Å². The number of carbonyl (C=O) groups excluding carboxylic acids is 2. The van der Waals surface area contributed by atoms with Crippen LogP contribution in [0.4, 0.5) is 12.0 Å². The van der Waals surface area contributed by atoms with Crippen LogP contribution in [0.3, 0.4) is 0 Å². The highest BCUT2D eigenvalue weighted by molar-refractivity contribution is 6.06. The monoisotopic (exact) mass is 373 g/mol. The lowest BCUT2D eigenvalue weighted by molar-refractivity contribution is 0.0981. The van der Waals surface area contributed by atoms with Crippen molar-refractivity contribution in [2.24, 2.45) is 0 Å². The molecule has 3 heterocycles. The van der Waals surface area contributed by atoms with Crippen molar-refractivity contribution < 1.29 is 14.0 Å². The van der Waals surface area contributed by atoms with Gasteiger partial charge in [-0.25, -0.2) is 4.98 Å². The Morgan fingerprint density at radius 2 is 1.75 bits per heavy atom. The van der Waals surface area contributed by atoms with Gasteiger partial charge < -0.3 is 8.98 Å². The minimum Gasteiger partial charge on any atom is -0.431 e. The fourth-order valence-corrected chi connectivity index (χ4v) is 3.31. The van der Waals surface area contributed by atoms with Gasteiger partial charge in [0, 0.05) is 18.7 Å². The van der Waals surface area contributed by atoms with Crippen molar-refractivity contribution >= 4 is 34.8 Å². The highest BCUT2D eigenvalue weighted by atomic mass is 16.4. The Balaban J connectivity index is 1.37. The van der Waals surface area contributed by atoms with E-state index in [-0.39, 0.29) is 23.5 Å². The molecule has 0 bridgehead atoms. The summed E-state index contributed by atoms with van der Waals surface area (Å²) >= 11 is 0. The van der Waals surface area contributed by atoms with E-state index in [9.17, 15) is 9.59 Å². The highest BCUT2D eigenvalue weighted by Gasteiger charge is 2.30. The summed E-state index contributed by atoms with van der Waals surface area (Å²) in [5, 5.41) is 2.56. The van der Waals surface area contributed by atoms with E-state index in [1.807, 2.05) is 34.9 Å². The third-order valence-corrected chi connectivity index (χ3v) is 4.65. The molecule has 1 N–H and O–H groups in total. The van der Waals surface area contributed by atoms with E-state index >= 15 is 0 Å². The van der Waals surface area contributed by atoms with Crippen LogP contribution in [0.25, 0.3) is 11.0 Å². The molecule has 8 heteroatoms. The van der Waals surface area contributed by atoms with Gasteiger partial charge >= 0.3 is 6.01 Å². The number of para-hydroxylation sites is 2. The molecular weight excluding hydrogens is 358 g/mol. The molecular formula is C20H15N5O3. The number of nitrogens with zero attached hydrogens (tertiary/aromatic N) is 4. The Bertz CT molecular complexity index is 1200. The molecule has 138 valence electrons. The molecule has 0 saturated heterocycles. The summed E-state index contributed by atoms with van der Waals surface area (Å²) in [6, 6.07) is 16.4. The third-order valence-electron chi connectivity index (χ3n) is 4.65. The number of benzene rings is 2. The number of carbonyl (C=O) groups is 2. The lowest BCUT2D eigenvalue weighted by atomic mass is 10.2. The maximum atomic E-state index is 12.9. The van der Waals surface area contributed by atoms with Crippen LogP contribution in [0.1, 0.15) is 20.8 Å². The standard InChI is InChI=1S/C20H15N5O3/c26-17(13-6-2-1-3-7-13)23-19-21-15(12-28-19)18(27)25-11-10-24-16-9-5-4-8-14(16)22-20(24)25/h1-9,12H,10-11H2,(H,21,23,26). The van der Waals surface area contributed by atoms with Crippen LogP contribution in [0.2, 0.25) is 0 Å². The Morgan fingerprint density at radius 3 is 2.61 bits per heavy atom. The molecule has 0 atom stereocenters. The molecule has 0 spiro atoms. The van der Waals surface area contributed by atoms with Gasteiger partial charge in [-0.1, -0.05) is 30.3 Å². The summed E-state index contributed by atoms with van der Waals surface area (Å²) in [5.74, 6) is -0.0912. The summed E-state index contributed by atoms with van der Waals surface area (Å²) in [6.07, 6.45) is 1.24. The van der Waals surface area contributed by atoms with Crippen LogP contribution in [0, 0.1) is 0 Å². The summed E-state index contributed by atoms with van der Waals surface area (Å²) in [7, 11) is 0. The average Bonchev–Trinajstić information content (AvgIpc) is 3.43. The van der Waals surface area contributed by atoms with E-state index in [0.29, 0.717) is 24.6 Å². The van der Waals surface area contributed by atoms with Gasteiger partial charge in [-0.3, -0.25) is 19.8 Å². The number of amides is 2. The number of imidazole rings is 1. The number of hydrogen-bond acceptors (Lipinski definition) is 5. The van der Waals surface area contributed by atoms with Crippen molar-refractivity contribution in [2.45, 2.75) is 6.54 Å². The normalized spacial score (nSPS) is 12.9. The van der Waals surface area contributed by atoms with E-state index in [0.717, 1.165) is 11.0 Å². The molecule has 2 aromatic carbocycles. The Kier molecular flexibility index (Phi) is 3.68. The molecule has 1 aliphatic rings. The zero-order valence-electron chi connectivity index (χ0n) is 14.7. The van der Waals surface area contributed by atoms with Crippen LogP contribution < -0.4 is 10.2 Å². The van der Waals surface area contributed by atoms with Crippen LogP contribution in [-0.4, -0.2) is 32.9 Å². The third kappa shape index (κ3) is 2.62. The molecule has 0 unspecified atom stereocenters. The van der Waals surface area contributed by atoms with Gasteiger partial charge in [0.1, 0.15) is 6.26 Å². The minimum absolute atomic E-state index is 0.0232. The molecule has 1 aliphatic heterocycles. The topological polar surface area (TPSA) is 93.3 Å². The largest absolute Gasteiger partial charge is 0.431 e. The van der Waals surface area contributed by atoms with Gasteiger partial charge in [-0.15, -0.1) is 0 Å². The molecule has 0 fully saturated rings. The van der Waals surface area contributed by atoms with Crippen LogP contribution in [0.5, 0.6) is 0 Å². The van der Waals surface area contributed by atoms with Gasteiger partial charge in [0.25, 0.3) is 11.8 Å². The van der Waals surface area contributed by atoms with E-state index in [2.05, 4.69) is 15.3 Å². The predicted octanol–water partition coefficient (Wildman–Crippen LogP) is 2.94. The van der Waals surface area contributed by atoms with E-state index < -0.39 is 0 Å². The van der Waals surface area contributed by atoms with E-state index in [4.69, 9.17) is 4.42 Å². The highest BCUT2D eigenvalue weighted by Crippen LogP contribution is 2.28. The van der Waals surface area contributed by atoms with Crippen LogP contribution >= 0.6 is 0 Å². The maximum Gasteiger partial charge on any atom is 0.302 e. The second-order valence-electron chi connectivity index (χ2n) is 6.37. The quantitative estimate of drug-likeness (QED) is 0.596. The second-order valence-corrected chi connectivity index (χ2v) is 6.37. The minimum atomic E-state index is -0.357. The van der Waals surface area contributed by atoms with Gasteiger partial charge in [-0.2, -0.15) is 4.98 Å². The number of hydrogen-bond donors (Lipinski definition) is 1. The fraction of sp³-hybridized carbons (Fsp3) is 0.100. The smallest absolute Gasteiger partial charge is 0.302 e. The first-order valence-electron chi connectivity index (χ1n) is 8.80. The summed E-state index contributed by atoms with van der Waals surface area (Å²) in [4.78, 5) is 35.3. The van der Waals surface area contributed by atoms with E-state index in [1.165, 1.54) is 6.26 Å². The van der Waals surface area contributed by atoms with Gasteiger partial charge in [-0.05, 0) is 24.3 Å². The fourth-order valence-electron chi connectivity index (χ4n) is 3.31. The van der Waals surface area contributed by atoms with Crippen molar-refractivity contribution in [3.8, 4) is 0 Å². The molecule has 0 aliphatic carbocycles. The van der Waals surface area contributed by atoms with Crippen molar-refractivity contribution in [2.75, 3.05) is 16.8 Å². The van der Waals surface area contributed by atoms with Gasteiger partial charge in [0.15, 0.2) is 5.69 Å². The summed E-state index contributed by atoms with van der Waals surface area (Å²) < 4.78 is 7.27. The molecule has 8 nitrogen and oxygen atoms in total. The van der Waals surface area contributed by atoms with Crippen LogP contribution in [0.15, 0.2) is 65.3 Å².